The zero-order chi connectivity index (χ0) is 20.9. The molecule has 0 amide bonds. The average Bonchev–Trinajstić information content (AvgIpc) is 3.27. The van der Waals surface area contributed by atoms with E-state index in [1.54, 1.807) is 11.3 Å². The maximum absolute atomic E-state index is 12.7. The summed E-state index contributed by atoms with van der Waals surface area (Å²) in [6.07, 6.45) is -1.89. The van der Waals surface area contributed by atoms with Crippen LogP contribution in [0.2, 0.25) is 0 Å². The van der Waals surface area contributed by atoms with E-state index in [1.807, 2.05) is 31.2 Å². The lowest BCUT2D eigenvalue weighted by Gasteiger charge is -2.32. The van der Waals surface area contributed by atoms with Crippen LogP contribution in [0.5, 0.6) is 0 Å². The van der Waals surface area contributed by atoms with Gasteiger partial charge in [-0.05, 0) is 36.6 Å². The van der Waals surface area contributed by atoms with Crippen molar-refractivity contribution >= 4 is 27.4 Å². The Kier molecular flexibility index (Phi) is 4.50. The van der Waals surface area contributed by atoms with Crippen LogP contribution in [0, 0.1) is 6.92 Å². The predicted octanol–water partition coefficient (Wildman–Crippen LogP) is 5.14. The van der Waals surface area contributed by atoms with Crippen molar-refractivity contribution < 1.29 is 13.2 Å². The summed E-state index contributed by atoms with van der Waals surface area (Å²) in [5, 5.41) is 4.68. The van der Waals surface area contributed by atoms with Crippen molar-refractivity contribution in [3.8, 4) is 10.4 Å². The van der Waals surface area contributed by atoms with E-state index in [9.17, 15) is 13.2 Å². The van der Waals surface area contributed by atoms with E-state index in [0.29, 0.717) is 0 Å². The third kappa shape index (κ3) is 3.54. The molecule has 4 heterocycles. The van der Waals surface area contributed by atoms with Crippen molar-refractivity contribution in [2.45, 2.75) is 26.1 Å². The van der Waals surface area contributed by atoms with E-state index in [2.05, 4.69) is 26.0 Å². The maximum atomic E-state index is 12.7. The van der Waals surface area contributed by atoms with Crippen LogP contribution in [-0.2, 0) is 12.7 Å². The molecule has 1 fully saturated rings. The Labute approximate surface area is 174 Å². The van der Waals surface area contributed by atoms with Crippen LogP contribution in [0.25, 0.3) is 20.7 Å². The first-order chi connectivity index (χ1) is 14.4. The van der Waals surface area contributed by atoms with Gasteiger partial charge in [0.25, 0.3) is 0 Å². The van der Waals surface area contributed by atoms with Gasteiger partial charge in [-0.3, -0.25) is 4.68 Å². The lowest BCUT2D eigenvalue weighted by Crippen LogP contribution is -2.37. The molecule has 1 aliphatic rings. The number of nitrogens with zero attached hydrogens (tertiary/aromatic N) is 5. The molecule has 0 atom stereocenters. The van der Waals surface area contributed by atoms with Crippen LogP contribution in [0.1, 0.15) is 23.5 Å². The van der Waals surface area contributed by atoms with E-state index >= 15 is 0 Å². The first-order valence-electron chi connectivity index (χ1n) is 9.60. The molecule has 0 saturated carbocycles. The Bertz CT molecular complexity index is 1210. The minimum Gasteiger partial charge on any atom is -0.356 e. The number of hydrogen-bond donors (Lipinski definition) is 0. The zero-order valence-electron chi connectivity index (χ0n) is 16.1. The van der Waals surface area contributed by atoms with Gasteiger partial charge in [0.2, 0.25) is 0 Å². The number of hydrogen-bond acceptors (Lipinski definition) is 5. The van der Waals surface area contributed by atoms with E-state index in [1.165, 1.54) is 17.3 Å². The second-order valence-electron chi connectivity index (χ2n) is 7.36. The first-order valence-corrected chi connectivity index (χ1v) is 10.4. The molecule has 0 aliphatic carbocycles. The second kappa shape index (κ2) is 7.09. The largest absolute Gasteiger partial charge is 0.435 e. The molecule has 0 unspecified atom stereocenters. The number of halogens is 3. The van der Waals surface area contributed by atoms with Crippen molar-refractivity contribution in [3.05, 3.63) is 59.7 Å². The van der Waals surface area contributed by atoms with Crippen LogP contribution in [0.4, 0.5) is 19.0 Å². The van der Waals surface area contributed by atoms with Crippen molar-refractivity contribution in [2.24, 2.45) is 0 Å². The molecule has 1 aliphatic heterocycles. The van der Waals surface area contributed by atoms with Crippen molar-refractivity contribution in [1.82, 2.24) is 19.7 Å². The molecular weight excluding hydrogens is 411 g/mol. The molecule has 9 heteroatoms. The van der Waals surface area contributed by atoms with Crippen LogP contribution < -0.4 is 4.90 Å². The minimum atomic E-state index is -4.42. The SMILES string of the molecule is Cc1nc(N2CCC2)c2cc(-c3ccc(Cn4ccc(C(F)(F)F)n4)cc3)sc2n1. The maximum Gasteiger partial charge on any atom is 0.435 e. The van der Waals surface area contributed by atoms with Gasteiger partial charge in [-0.2, -0.15) is 18.3 Å². The lowest BCUT2D eigenvalue weighted by atomic mass is 10.1. The summed E-state index contributed by atoms with van der Waals surface area (Å²) in [7, 11) is 0. The predicted molar refractivity (Wildman–Crippen MR) is 111 cm³/mol. The van der Waals surface area contributed by atoms with Gasteiger partial charge in [0.1, 0.15) is 16.5 Å². The number of thiophene rings is 1. The number of alkyl halides is 3. The number of benzene rings is 1. The Hall–Kier alpha value is -2.94. The van der Waals surface area contributed by atoms with Crippen molar-refractivity contribution in [1.29, 1.82) is 0 Å². The minimum absolute atomic E-state index is 0.284. The molecule has 4 aromatic rings. The molecule has 3 aromatic heterocycles. The second-order valence-corrected chi connectivity index (χ2v) is 8.39. The third-order valence-electron chi connectivity index (χ3n) is 5.15. The summed E-state index contributed by atoms with van der Waals surface area (Å²) < 4.78 is 39.4. The Morgan fingerprint density at radius 1 is 1.07 bits per heavy atom. The molecule has 0 radical (unpaired) electrons. The highest BCUT2D eigenvalue weighted by atomic mass is 32.1. The molecule has 0 N–H and O–H groups in total. The van der Waals surface area contributed by atoms with Gasteiger partial charge in [-0.25, -0.2) is 9.97 Å². The summed E-state index contributed by atoms with van der Waals surface area (Å²) in [4.78, 5) is 13.6. The van der Waals surface area contributed by atoms with Gasteiger partial charge >= 0.3 is 6.18 Å². The Morgan fingerprint density at radius 2 is 1.83 bits per heavy atom. The summed E-state index contributed by atoms with van der Waals surface area (Å²) in [5.41, 5.74) is 1.05. The molecule has 0 spiro atoms. The smallest absolute Gasteiger partial charge is 0.356 e. The quantitative estimate of drug-likeness (QED) is 0.451. The average molecular weight is 429 g/mol. The molecular formula is C21H18F3N5S. The molecule has 5 nitrogen and oxygen atoms in total. The molecule has 154 valence electrons. The Morgan fingerprint density at radius 3 is 2.47 bits per heavy atom. The standard InChI is InChI=1S/C21H18F3N5S/c1-13-25-19(28-8-2-9-28)16-11-17(30-20(16)26-13)15-5-3-14(4-6-15)12-29-10-7-18(27-29)21(22,23)24/h3-7,10-11H,2,8-9,12H2,1H3. The van der Waals surface area contributed by atoms with Gasteiger partial charge in [-0.15, -0.1) is 11.3 Å². The van der Waals surface area contributed by atoms with Crippen LogP contribution >= 0.6 is 11.3 Å². The highest BCUT2D eigenvalue weighted by molar-refractivity contribution is 7.21. The number of aryl methyl sites for hydroxylation is 1. The number of anilines is 1. The number of fused-ring (bicyclic) bond motifs is 1. The lowest BCUT2D eigenvalue weighted by molar-refractivity contribution is -0.141. The number of rotatable bonds is 4. The van der Waals surface area contributed by atoms with Gasteiger partial charge in [0.15, 0.2) is 5.69 Å². The monoisotopic (exact) mass is 429 g/mol. The van der Waals surface area contributed by atoms with Gasteiger partial charge in [-0.1, -0.05) is 24.3 Å². The topological polar surface area (TPSA) is 46.8 Å². The van der Waals surface area contributed by atoms with Crippen molar-refractivity contribution in [2.75, 3.05) is 18.0 Å². The fourth-order valence-corrected chi connectivity index (χ4v) is 4.56. The van der Waals surface area contributed by atoms with Gasteiger partial charge < -0.3 is 4.90 Å². The van der Waals surface area contributed by atoms with Crippen molar-refractivity contribution in [3.63, 3.8) is 0 Å². The third-order valence-corrected chi connectivity index (χ3v) is 6.23. The van der Waals surface area contributed by atoms with E-state index in [0.717, 1.165) is 57.0 Å². The van der Waals surface area contributed by atoms with Crippen LogP contribution in [0.3, 0.4) is 0 Å². The van der Waals surface area contributed by atoms with Crippen LogP contribution in [0.15, 0.2) is 42.6 Å². The van der Waals surface area contributed by atoms with Crippen LogP contribution in [-0.4, -0.2) is 32.8 Å². The zero-order valence-corrected chi connectivity index (χ0v) is 17.0. The molecule has 30 heavy (non-hydrogen) atoms. The Balaban J connectivity index is 1.40. The number of aromatic nitrogens is 4. The first kappa shape index (κ1) is 19.0. The summed E-state index contributed by atoms with van der Waals surface area (Å²) in [6.45, 7) is 4.24. The fourth-order valence-electron chi connectivity index (χ4n) is 3.48. The summed E-state index contributed by atoms with van der Waals surface area (Å²) >= 11 is 1.63. The summed E-state index contributed by atoms with van der Waals surface area (Å²) in [6, 6.07) is 10.9. The highest BCUT2D eigenvalue weighted by Gasteiger charge is 2.33. The van der Waals surface area contributed by atoms with E-state index < -0.39 is 11.9 Å². The van der Waals surface area contributed by atoms with Gasteiger partial charge in [0, 0.05) is 24.2 Å². The van der Waals surface area contributed by atoms with Gasteiger partial charge in [0.05, 0.1) is 11.9 Å². The molecule has 1 aromatic carbocycles. The normalized spacial score (nSPS) is 14.3. The fraction of sp³-hybridized carbons (Fsp3) is 0.286. The molecule has 0 bridgehead atoms. The summed E-state index contributed by atoms with van der Waals surface area (Å²) in [5.74, 6) is 1.77. The highest BCUT2D eigenvalue weighted by Crippen LogP contribution is 2.37. The molecule has 5 rings (SSSR count). The molecule has 1 saturated heterocycles. The van der Waals surface area contributed by atoms with E-state index in [4.69, 9.17) is 0 Å². The van der Waals surface area contributed by atoms with E-state index in [-0.39, 0.29) is 6.54 Å².